The number of aliphatic hydroxyl groups is 6. The Morgan fingerprint density at radius 3 is 2.38 bits per heavy atom. The van der Waals surface area contributed by atoms with E-state index in [0.717, 1.165) is 5.57 Å². The van der Waals surface area contributed by atoms with E-state index in [4.69, 9.17) is 14.2 Å². The average Bonchev–Trinajstić information content (AvgIpc) is 3.43. The van der Waals surface area contributed by atoms with Gasteiger partial charge in [0.1, 0.15) is 24.9 Å². The molecule has 4 aliphatic carbocycles. The molecule has 6 aliphatic rings. The number of ether oxygens (including phenoxy) is 3. The fraction of sp³-hybridized carbons (Fsp3) is 0.897. The number of aliphatic hydroxyl groups excluding tert-OH is 4. The van der Waals surface area contributed by atoms with Gasteiger partial charge in [0.2, 0.25) is 0 Å². The van der Waals surface area contributed by atoms with Crippen molar-refractivity contribution in [3.63, 3.8) is 0 Å². The van der Waals surface area contributed by atoms with Crippen LogP contribution in [-0.4, -0.2) is 97.3 Å². The molecule has 220 valence electrons. The van der Waals surface area contributed by atoms with Crippen LogP contribution in [0.1, 0.15) is 72.1 Å². The van der Waals surface area contributed by atoms with Gasteiger partial charge in [0.05, 0.1) is 29.5 Å². The molecule has 14 atom stereocenters. The molecule has 0 aromatic heterocycles. The first-order valence-electron chi connectivity index (χ1n) is 14.6. The number of carbonyl (C=O) groups is 1. The van der Waals surface area contributed by atoms with Crippen molar-refractivity contribution in [2.45, 2.75) is 126 Å². The summed E-state index contributed by atoms with van der Waals surface area (Å²) in [7, 11) is 0. The minimum atomic E-state index is -1.40. The summed E-state index contributed by atoms with van der Waals surface area (Å²) in [6.07, 6.45) is -1.27. The molecule has 0 aromatic carbocycles. The smallest absolute Gasteiger partial charge is 0.331 e. The molecule has 1 saturated heterocycles. The second kappa shape index (κ2) is 9.19. The lowest BCUT2D eigenvalue weighted by atomic mass is 9.41. The van der Waals surface area contributed by atoms with Crippen LogP contribution in [0.2, 0.25) is 0 Å². The summed E-state index contributed by atoms with van der Waals surface area (Å²) >= 11 is 0. The highest BCUT2D eigenvalue weighted by atomic mass is 16.7. The summed E-state index contributed by atoms with van der Waals surface area (Å²) in [6.45, 7) is 5.86. The fourth-order valence-corrected chi connectivity index (χ4v) is 9.78. The lowest BCUT2D eigenvalue weighted by Gasteiger charge is -2.67. The fourth-order valence-electron chi connectivity index (χ4n) is 9.78. The monoisotopic (exact) mass is 552 g/mol. The Morgan fingerprint density at radius 2 is 1.69 bits per heavy atom. The average molecular weight is 553 g/mol. The quantitative estimate of drug-likeness (QED) is 0.215. The van der Waals surface area contributed by atoms with Gasteiger partial charge in [-0.2, -0.15) is 0 Å². The highest BCUT2D eigenvalue weighted by Crippen LogP contribution is 2.70. The van der Waals surface area contributed by atoms with E-state index in [1.807, 2.05) is 6.92 Å². The summed E-state index contributed by atoms with van der Waals surface area (Å²) < 4.78 is 16.9. The molecule has 39 heavy (non-hydrogen) atoms. The molecule has 5 fully saturated rings. The molecular weight excluding hydrogens is 508 g/mol. The zero-order valence-electron chi connectivity index (χ0n) is 23.0. The molecule has 6 N–H and O–H groups in total. The molecule has 0 spiro atoms. The van der Waals surface area contributed by atoms with Crippen molar-refractivity contribution in [3.05, 3.63) is 11.6 Å². The SMILES string of the molecule is C[C@@H]1O[C@H](O[C@H]2CC[C@]3(C)[C@H]4C[C@@H](O)[C@]5(C)[C@@H](C6=CC(=O)OC6)CC[C@]5(O)[C@@H]4CC[C@]3(O)C2)[C@H](O)[C@@H](O)[C@H]1O. The molecule has 0 unspecified atom stereocenters. The van der Waals surface area contributed by atoms with Crippen LogP contribution in [0.5, 0.6) is 0 Å². The number of esters is 1. The molecular formula is C29H44O10. The van der Waals surface area contributed by atoms with Crippen LogP contribution in [0.3, 0.4) is 0 Å². The summed E-state index contributed by atoms with van der Waals surface area (Å²) in [5.41, 5.74) is -2.75. The molecule has 0 bridgehead atoms. The zero-order valence-corrected chi connectivity index (χ0v) is 23.0. The normalized spacial score (nSPS) is 57.3. The van der Waals surface area contributed by atoms with E-state index in [2.05, 4.69) is 6.92 Å². The van der Waals surface area contributed by atoms with Crippen LogP contribution in [0, 0.1) is 28.6 Å². The van der Waals surface area contributed by atoms with Gasteiger partial charge < -0.3 is 44.8 Å². The number of rotatable bonds is 3. The number of cyclic esters (lactones) is 1. The Bertz CT molecular complexity index is 1030. The topological polar surface area (TPSA) is 166 Å². The molecule has 6 rings (SSSR count). The second-order valence-electron chi connectivity index (χ2n) is 13.8. The largest absolute Gasteiger partial charge is 0.458 e. The number of fused-ring (bicyclic) bond motifs is 5. The van der Waals surface area contributed by atoms with Gasteiger partial charge in [-0.25, -0.2) is 4.79 Å². The van der Waals surface area contributed by atoms with Crippen molar-refractivity contribution in [1.82, 2.24) is 0 Å². The molecule has 2 aliphatic heterocycles. The summed E-state index contributed by atoms with van der Waals surface area (Å²) in [6, 6.07) is 0. The Kier molecular flexibility index (Phi) is 6.61. The maximum Gasteiger partial charge on any atom is 0.331 e. The molecule has 0 radical (unpaired) electrons. The third-order valence-electron chi connectivity index (χ3n) is 12.3. The third-order valence-corrected chi connectivity index (χ3v) is 12.3. The van der Waals surface area contributed by atoms with Crippen LogP contribution in [-0.2, 0) is 19.0 Å². The summed E-state index contributed by atoms with van der Waals surface area (Å²) in [5.74, 6) is -0.709. The maximum absolute atomic E-state index is 12.4. The van der Waals surface area contributed by atoms with Crippen molar-refractivity contribution in [3.8, 4) is 0 Å². The van der Waals surface area contributed by atoms with Gasteiger partial charge in [-0.05, 0) is 80.6 Å². The minimum absolute atomic E-state index is 0.0988. The highest BCUT2D eigenvalue weighted by molar-refractivity contribution is 5.85. The first kappa shape index (κ1) is 28.0. The predicted octanol–water partition coefficient (Wildman–Crippen LogP) is 0.542. The standard InChI is InChI=1S/C29H44O10/c1-14-22(32)23(33)24(34)25(38-14)39-16-4-7-26(2)19-11-20(30)27(3)17(15-10-21(31)37-13-15)6-9-29(27,36)18(19)5-8-28(26,35)12-16/h10,14,16-20,22-25,30,32-36H,4-9,11-13H2,1-3H3/t14-,16-,17+,18+,19-,20+,22-,23-,24+,25+,26+,27-,28-,29-/m0/s1. The van der Waals surface area contributed by atoms with Crippen LogP contribution < -0.4 is 0 Å². The number of carbonyl (C=O) groups excluding carboxylic acids is 1. The van der Waals surface area contributed by atoms with Gasteiger partial charge in [0.15, 0.2) is 6.29 Å². The Labute approximate surface area is 229 Å². The van der Waals surface area contributed by atoms with Gasteiger partial charge in [0.25, 0.3) is 0 Å². The Morgan fingerprint density at radius 1 is 0.949 bits per heavy atom. The number of hydrogen-bond acceptors (Lipinski definition) is 10. The molecule has 10 nitrogen and oxygen atoms in total. The Hall–Kier alpha value is -1.11. The van der Waals surface area contributed by atoms with Gasteiger partial charge in [0, 0.05) is 17.9 Å². The lowest BCUT2D eigenvalue weighted by molar-refractivity contribution is -0.321. The number of hydrogen-bond donors (Lipinski definition) is 6. The van der Waals surface area contributed by atoms with E-state index in [-0.39, 0.29) is 30.3 Å². The van der Waals surface area contributed by atoms with E-state index < -0.39 is 64.9 Å². The van der Waals surface area contributed by atoms with Crippen molar-refractivity contribution in [2.24, 2.45) is 28.6 Å². The van der Waals surface area contributed by atoms with Gasteiger partial charge in [-0.15, -0.1) is 0 Å². The first-order valence-corrected chi connectivity index (χ1v) is 14.6. The van der Waals surface area contributed by atoms with Crippen LogP contribution in [0.25, 0.3) is 0 Å². The van der Waals surface area contributed by atoms with Gasteiger partial charge in [-0.3, -0.25) is 0 Å². The second-order valence-corrected chi connectivity index (χ2v) is 13.8. The molecule has 4 saturated carbocycles. The van der Waals surface area contributed by atoms with E-state index in [0.29, 0.717) is 51.4 Å². The Balaban J connectivity index is 1.22. The van der Waals surface area contributed by atoms with Crippen LogP contribution in [0.4, 0.5) is 0 Å². The van der Waals surface area contributed by atoms with E-state index in [1.54, 1.807) is 6.92 Å². The van der Waals surface area contributed by atoms with Crippen LogP contribution in [0.15, 0.2) is 11.6 Å². The van der Waals surface area contributed by atoms with Gasteiger partial charge >= 0.3 is 5.97 Å². The van der Waals surface area contributed by atoms with Crippen molar-refractivity contribution >= 4 is 5.97 Å². The van der Waals surface area contributed by atoms with Gasteiger partial charge in [-0.1, -0.05) is 13.8 Å². The molecule has 0 amide bonds. The third kappa shape index (κ3) is 3.79. The summed E-state index contributed by atoms with van der Waals surface area (Å²) in [4.78, 5) is 11.8. The first-order chi connectivity index (χ1) is 18.2. The van der Waals surface area contributed by atoms with E-state index >= 15 is 0 Å². The zero-order chi connectivity index (χ0) is 28.1. The highest BCUT2D eigenvalue weighted by Gasteiger charge is 2.72. The van der Waals surface area contributed by atoms with E-state index in [1.165, 1.54) is 6.08 Å². The van der Waals surface area contributed by atoms with Crippen molar-refractivity contribution in [2.75, 3.05) is 6.61 Å². The molecule has 0 aromatic rings. The summed E-state index contributed by atoms with van der Waals surface area (Å²) in [5, 5.41) is 66.8. The van der Waals surface area contributed by atoms with E-state index in [9.17, 15) is 35.4 Å². The molecule has 2 heterocycles. The van der Waals surface area contributed by atoms with Crippen molar-refractivity contribution < 1.29 is 49.6 Å². The maximum atomic E-state index is 12.4. The lowest BCUT2D eigenvalue weighted by Crippen LogP contribution is -2.70. The molecule has 10 heteroatoms. The minimum Gasteiger partial charge on any atom is -0.458 e. The van der Waals surface area contributed by atoms with Crippen LogP contribution >= 0.6 is 0 Å². The predicted molar refractivity (Wildman–Crippen MR) is 136 cm³/mol. The van der Waals surface area contributed by atoms with Crippen molar-refractivity contribution in [1.29, 1.82) is 0 Å².